The average molecular weight is 247 g/mol. The Bertz CT molecular complexity index is 608. The molecule has 2 aromatic rings. The Labute approximate surface area is 106 Å². The number of nitrogens with zero attached hydrogens (tertiary/aromatic N) is 2. The Morgan fingerprint density at radius 1 is 1.53 bits per heavy atom. The molecule has 4 heteroatoms. The van der Waals surface area contributed by atoms with Crippen molar-refractivity contribution in [3.8, 4) is 0 Å². The second-order valence-corrected chi connectivity index (χ2v) is 5.98. The van der Waals surface area contributed by atoms with E-state index in [-0.39, 0.29) is 0 Å². The molecule has 1 N–H and O–H groups in total. The first kappa shape index (κ1) is 11.0. The van der Waals surface area contributed by atoms with E-state index in [9.17, 15) is 0 Å². The lowest BCUT2D eigenvalue weighted by Crippen LogP contribution is -2.21. The molecule has 0 aliphatic heterocycles. The minimum absolute atomic E-state index is 0.330. The van der Waals surface area contributed by atoms with E-state index >= 15 is 0 Å². The topological polar surface area (TPSA) is 33.6 Å². The van der Waals surface area contributed by atoms with Gasteiger partial charge in [0.1, 0.15) is 0 Å². The van der Waals surface area contributed by atoms with Gasteiger partial charge in [0, 0.05) is 12.2 Å². The van der Waals surface area contributed by atoms with Crippen molar-refractivity contribution in [1.29, 1.82) is 0 Å². The van der Waals surface area contributed by atoms with E-state index in [1.54, 1.807) is 0 Å². The number of imidazole rings is 1. The zero-order valence-electron chi connectivity index (χ0n) is 10.2. The van der Waals surface area contributed by atoms with Crippen molar-refractivity contribution in [1.82, 2.24) is 14.5 Å². The number of hydrogen-bond acceptors (Lipinski definition) is 2. The van der Waals surface area contributed by atoms with E-state index in [4.69, 9.17) is 12.2 Å². The summed E-state index contributed by atoms with van der Waals surface area (Å²) in [7, 11) is 0. The van der Waals surface area contributed by atoms with Crippen molar-refractivity contribution in [3.05, 3.63) is 23.2 Å². The number of aromatic nitrogens is 3. The Kier molecular flexibility index (Phi) is 2.36. The molecule has 1 atom stereocenters. The van der Waals surface area contributed by atoms with Crippen LogP contribution in [0.4, 0.5) is 0 Å². The number of aromatic amines is 1. The number of H-pyrrole nitrogens is 1. The molecule has 2 aromatic heterocycles. The van der Waals surface area contributed by atoms with E-state index in [0.29, 0.717) is 11.5 Å². The van der Waals surface area contributed by atoms with Crippen LogP contribution in [0.1, 0.15) is 39.2 Å². The first-order chi connectivity index (χ1) is 8.09. The van der Waals surface area contributed by atoms with Gasteiger partial charge in [-0.25, -0.2) is 0 Å². The maximum absolute atomic E-state index is 5.47. The van der Waals surface area contributed by atoms with Gasteiger partial charge in [0.05, 0.1) is 17.2 Å². The third kappa shape index (κ3) is 1.62. The van der Waals surface area contributed by atoms with Gasteiger partial charge in [-0.1, -0.05) is 20.3 Å². The van der Waals surface area contributed by atoms with E-state index in [1.165, 1.54) is 24.8 Å². The summed E-state index contributed by atoms with van der Waals surface area (Å²) < 4.78 is 3.12. The summed E-state index contributed by atoms with van der Waals surface area (Å²) in [6.07, 6.45) is 7.47. The van der Waals surface area contributed by atoms with Crippen LogP contribution in [0.25, 0.3) is 11.0 Å². The molecule has 17 heavy (non-hydrogen) atoms. The normalized spacial score (nSPS) is 23.3. The summed E-state index contributed by atoms with van der Waals surface area (Å²) in [4.78, 5) is 7.40. The standard InChI is InChI=1S/C13H17N3S/c1-13(2)6-3-4-11(13)16-10-5-7-14-8-9(10)15-12(16)17/h5,7-8,11H,3-4,6H2,1-2H3,(H,15,17). The first-order valence-electron chi connectivity index (χ1n) is 6.14. The Morgan fingerprint density at radius 2 is 2.35 bits per heavy atom. The molecule has 1 unspecified atom stereocenters. The molecule has 1 fully saturated rings. The van der Waals surface area contributed by atoms with Crippen molar-refractivity contribution in [3.63, 3.8) is 0 Å². The number of hydrogen-bond donors (Lipinski definition) is 1. The summed E-state index contributed by atoms with van der Waals surface area (Å²) in [6.45, 7) is 4.68. The van der Waals surface area contributed by atoms with Crippen molar-refractivity contribution >= 4 is 23.3 Å². The number of rotatable bonds is 1. The molecular formula is C13H17N3S. The van der Waals surface area contributed by atoms with Gasteiger partial charge in [0.25, 0.3) is 0 Å². The summed E-state index contributed by atoms with van der Waals surface area (Å²) in [5.41, 5.74) is 2.56. The zero-order chi connectivity index (χ0) is 12.0. The highest BCUT2D eigenvalue weighted by Gasteiger charge is 2.36. The molecular weight excluding hydrogens is 230 g/mol. The average Bonchev–Trinajstić information content (AvgIpc) is 2.77. The van der Waals surface area contributed by atoms with Crippen molar-refractivity contribution in [2.24, 2.45) is 5.41 Å². The fourth-order valence-electron chi connectivity index (χ4n) is 3.07. The number of nitrogens with one attached hydrogen (secondary N) is 1. The fourth-order valence-corrected chi connectivity index (χ4v) is 3.41. The predicted octanol–water partition coefficient (Wildman–Crippen LogP) is 3.85. The molecule has 1 saturated carbocycles. The highest BCUT2D eigenvalue weighted by atomic mass is 32.1. The van der Waals surface area contributed by atoms with Crippen LogP contribution in [-0.4, -0.2) is 14.5 Å². The molecule has 3 nitrogen and oxygen atoms in total. The van der Waals surface area contributed by atoms with Gasteiger partial charge in [0.15, 0.2) is 4.77 Å². The van der Waals surface area contributed by atoms with E-state index < -0.39 is 0 Å². The van der Waals surface area contributed by atoms with Crippen LogP contribution in [0.2, 0.25) is 0 Å². The van der Waals surface area contributed by atoms with Gasteiger partial charge < -0.3 is 9.55 Å². The van der Waals surface area contributed by atoms with Gasteiger partial charge in [-0.2, -0.15) is 0 Å². The molecule has 0 amide bonds. The molecule has 2 heterocycles. The van der Waals surface area contributed by atoms with Gasteiger partial charge in [-0.05, 0) is 36.5 Å². The maximum atomic E-state index is 5.47. The largest absolute Gasteiger partial charge is 0.329 e. The lowest BCUT2D eigenvalue weighted by molar-refractivity contribution is 0.264. The van der Waals surface area contributed by atoms with Crippen molar-refractivity contribution in [2.75, 3.05) is 0 Å². The maximum Gasteiger partial charge on any atom is 0.178 e. The van der Waals surface area contributed by atoms with Gasteiger partial charge in [-0.15, -0.1) is 0 Å². The van der Waals surface area contributed by atoms with Gasteiger partial charge in [-0.3, -0.25) is 4.98 Å². The van der Waals surface area contributed by atoms with Crippen LogP contribution in [0, 0.1) is 10.2 Å². The van der Waals surface area contributed by atoms with E-state index in [1.807, 2.05) is 12.4 Å². The quantitative estimate of drug-likeness (QED) is 0.777. The molecule has 90 valence electrons. The fraction of sp³-hybridized carbons (Fsp3) is 0.538. The molecule has 0 spiro atoms. The third-order valence-electron chi connectivity index (χ3n) is 4.03. The van der Waals surface area contributed by atoms with Crippen molar-refractivity contribution < 1.29 is 0 Å². The Morgan fingerprint density at radius 3 is 3.06 bits per heavy atom. The highest BCUT2D eigenvalue weighted by molar-refractivity contribution is 7.71. The molecule has 0 bridgehead atoms. The second-order valence-electron chi connectivity index (χ2n) is 5.59. The van der Waals surface area contributed by atoms with Gasteiger partial charge >= 0.3 is 0 Å². The monoisotopic (exact) mass is 247 g/mol. The summed E-state index contributed by atoms with van der Waals surface area (Å²) >= 11 is 5.47. The number of pyridine rings is 1. The van der Waals surface area contributed by atoms with Crippen LogP contribution in [0.3, 0.4) is 0 Å². The molecule has 0 aromatic carbocycles. The third-order valence-corrected chi connectivity index (χ3v) is 4.33. The second kappa shape index (κ2) is 3.67. The Hall–Kier alpha value is -1.16. The summed E-state index contributed by atoms with van der Waals surface area (Å²) in [6, 6.07) is 2.56. The summed E-state index contributed by atoms with van der Waals surface area (Å²) in [5, 5.41) is 0. The molecule has 0 radical (unpaired) electrons. The zero-order valence-corrected chi connectivity index (χ0v) is 11.0. The smallest absolute Gasteiger partial charge is 0.178 e. The molecule has 0 saturated heterocycles. The van der Waals surface area contributed by atoms with E-state index in [0.717, 1.165) is 10.3 Å². The summed E-state index contributed by atoms with van der Waals surface area (Å²) in [5.74, 6) is 0. The van der Waals surface area contributed by atoms with Crippen LogP contribution in [0.5, 0.6) is 0 Å². The van der Waals surface area contributed by atoms with Crippen LogP contribution < -0.4 is 0 Å². The van der Waals surface area contributed by atoms with Crippen LogP contribution in [-0.2, 0) is 0 Å². The number of fused-ring (bicyclic) bond motifs is 1. The van der Waals surface area contributed by atoms with Crippen LogP contribution in [0.15, 0.2) is 18.5 Å². The predicted molar refractivity (Wildman–Crippen MR) is 71.6 cm³/mol. The lowest BCUT2D eigenvalue weighted by atomic mass is 9.87. The highest BCUT2D eigenvalue weighted by Crippen LogP contribution is 2.46. The lowest BCUT2D eigenvalue weighted by Gasteiger charge is -2.28. The first-order valence-corrected chi connectivity index (χ1v) is 6.55. The molecule has 3 rings (SSSR count). The minimum Gasteiger partial charge on any atom is -0.329 e. The van der Waals surface area contributed by atoms with E-state index in [2.05, 4.69) is 34.4 Å². The SMILES string of the molecule is CC1(C)CCCC1n1c(=S)[nH]c2cnccc21. The van der Waals surface area contributed by atoms with Crippen molar-refractivity contribution in [2.45, 2.75) is 39.2 Å². The molecule has 1 aliphatic rings. The Balaban J connectivity index is 2.24. The minimum atomic E-state index is 0.330. The van der Waals surface area contributed by atoms with Crippen LogP contribution >= 0.6 is 12.2 Å². The van der Waals surface area contributed by atoms with Gasteiger partial charge in [0.2, 0.25) is 0 Å². The molecule has 1 aliphatic carbocycles.